The van der Waals surface area contributed by atoms with Crippen molar-refractivity contribution < 1.29 is 23.5 Å². The van der Waals surface area contributed by atoms with E-state index in [4.69, 9.17) is 4.74 Å². The molecule has 2 aromatic carbocycles. The number of carbonyl (C=O) groups excluding carboxylic acids is 3. The standard InChI is InChI=1S/C32H29FN8O4S/c1-19(23-12-21-15-34-9-8-22(21)38-23)37-31(44)24-14-32(33,17-40-11-10-36-39-40)18-41(24)29(42)16-35-30(43)20-6-7-28-26(13-20)45-25-4-2-3-5-27(25)46-28/h2-13,15,19,24,38H,14,16-18H2,1H3,(H,35,43)(H,37,44)/t19?,24-,32-/m0/s1. The molecule has 46 heavy (non-hydrogen) atoms. The fraction of sp³-hybridized carbons (Fsp3) is 0.250. The number of alkyl halides is 1. The van der Waals surface area contributed by atoms with Crippen LogP contribution in [0.5, 0.6) is 11.5 Å². The Morgan fingerprint density at radius 2 is 1.98 bits per heavy atom. The summed E-state index contributed by atoms with van der Waals surface area (Å²) in [7, 11) is 0. The van der Waals surface area contributed by atoms with E-state index in [1.54, 1.807) is 37.5 Å². The summed E-state index contributed by atoms with van der Waals surface area (Å²) in [5.41, 5.74) is -0.0424. The number of nitrogens with one attached hydrogen (secondary N) is 3. The van der Waals surface area contributed by atoms with E-state index in [0.717, 1.165) is 26.4 Å². The van der Waals surface area contributed by atoms with Gasteiger partial charge < -0.3 is 25.3 Å². The lowest BCUT2D eigenvalue weighted by Gasteiger charge is -2.25. The number of aromatic nitrogens is 5. The number of benzene rings is 2. The highest BCUT2D eigenvalue weighted by Gasteiger charge is 2.50. The van der Waals surface area contributed by atoms with Gasteiger partial charge in [-0.25, -0.2) is 9.07 Å². The average Bonchev–Trinajstić information content (AvgIpc) is 3.81. The van der Waals surface area contributed by atoms with E-state index in [0.29, 0.717) is 17.1 Å². The number of nitrogens with zero attached hydrogens (tertiary/aromatic N) is 5. The molecule has 3 aromatic heterocycles. The number of carbonyl (C=O) groups is 3. The van der Waals surface area contributed by atoms with E-state index in [-0.39, 0.29) is 19.5 Å². The van der Waals surface area contributed by atoms with Crippen LogP contribution in [0.3, 0.4) is 0 Å². The van der Waals surface area contributed by atoms with Gasteiger partial charge >= 0.3 is 0 Å². The third kappa shape index (κ3) is 5.90. The summed E-state index contributed by atoms with van der Waals surface area (Å²) >= 11 is 1.54. The van der Waals surface area contributed by atoms with Gasteiger partial charge in [0.1, 0.15) is 23.2 Å². The lowest BCUT2D eigenvalue weighted by molar-refractivity contribution is -0.138. The number of rotatable bonds is 8. The van der Waals surface area contributed by atoms with Gasteiger partial charge in [0.25, 0.3) is 5.91 Å². The maximum absolute atomic E-state index is 16.2. The number of ether oxygens (including phenoxy) is 1. The topological polar surface area (TPSA) is 147 Å². The fourth-order valence-corrected chi connectivity index (χ4v) is 6.73. The van der Waals surface area contributed by atoms with Gasteiger partial charge in [-0.1, -0.05) is 29.1 Å². The molecule has 0 spiro atoms. The Morgan fingerprint density at radius 1 is 1.13 bits per heavy atom. The van der Waals surface area contributed by atoms with Gasteiger partial charge in [0, 0.05) is 47.2 Å². The second kappa shape index (κ2) is 11.9. The van der Waals surface area contributed by atoms with Crippen molar-refractivity contribution in [1.29, 1.82) is 0 Å². The molecule has 14 heteroatoms. The zero-order valence-electron chi connectivity index (χ0n) is 24.6. The molecule has 1 fully saturated rings. The second-order valence-corrected chi connectivity index (χ2v) is 12.5. The summed E-state index contributed by atoms with van der Waals surface area (Å²) in [6.45, 7) is 0.833. The first-order valence-electron chi connectivity index (χ1n) is 14.7. The number of fused-ring (bicyclic) bond motifs is 3. The summed E-state index contributed by atoms with van der Waals surface area (Å²) < 4.78 is 23.6. The number of hydrogen-bond donors (Lipinski definition) is 3. The molecule has 5 heterocycles. The summed E-state index contributed by atoms with van der Waals surface area (Å²) in [4.78, 5) is 50.6. The number of amides is 3. The molecule has 0 saturated carbocycles. The number of H-pyrrole nitrogens is 1. The van der Waals surface area contributed by atoms with Crippen LogP contribution in [0, 0.1) is 0 Å². The van der Waals surface area contributed by atoms with Crippen molar-refractivity contribution in [2.75, 3.05) is 13.1 Å². The van der Waals surface area contributed by atoms with Gasteiger partial charge in [-0.05, 0) is 49.4 Å². The predicted molar refractivity (Wildman–Crippen MR) is 166 cm³/mol. The lowest BCUT2D eigenvalue weighted by atomic mass is 10.0. The Hall–Kier alpha value is -5.24. The summed E-state index contributed by atoms with van der Waals surface area (Å²) in [6, 6.07) is 14.8. The van der Waals surface area contributed by atoms with Crippen LogP contribution in [0.15, 0.2) is 89.2 Å². The largest absolute Gasteiger partial charge is 0.455 e. The number of para-hydroxylation sites is 1. The monoisotopic (exact) mass is 640 g/mol. The van der Waals surface area contributed by atoms with Gasteiger partial charge in [-0.15, -0.1) is 5.10 Å². The first-order chi connectivity index (χ1) is 22.2. The normalized spacial score (nSPS) is 19.2. The smallest absolute Gasteiger partial charge is 0.251 e. The van der Waals surface area contributed by atoms with Crippen molar-refractivity contribution in [2.45, 2.75) is 47.4 Å². The highest BCUT2D eigenvalue weighted by Crippen LogP contribution is 2.47. The first-order valence-corrected chi connectivity index (χ1v) is 15.5. The Labute approximate surface area is 266 Å². The van der Waals surface area contributed by atoms with Gasteiger partial charge in [0.2, 0.25) is 11.8 Å². The Balaban J connectivity index is 1.04. The maximum Gasteiger partial charge on any atom is 0.251 e. The van der Waals surface area contributed by atoms with Gasteiger partial charge in [0.05, 0.1) is 41.7 Å². The summed E-state index contributed by atoms with van der Waals surface area (Å²) in [5, 5.41) is 14.0. The summed E-state index contributed by atoms with van der Waals surface area (Å²) in [6.07, 6.45) is 6.09. The number of halogens is 1. The number of aromatic amines is 1. The van der Waals surface area contributed by atoms with Gasteiger partial charge in [0.15, 0.2) is 0 Å². The molecule has 12 nitrogen and oxygen atoms in total. The molecule has 0 bridgehead atoms. The van der Waals surface area contributed by atoms with Crippen LogP contribution >= 0.6 is 11.8 Å². The fourth-order valence-electron chi connectivity index (χ4n) is 5.80. The molecule has 3 atom stereocenters. The molecule has 7 rings (SSSR count). The van der Waals surface area contributed by atoms with E-state index in [9.17, 15) is 14.4 Å². The van der Waals surface area contributed by atoms with Crippen LogP contribution in [0.1, 0.15) is 35.4 Å². The van der Waals surface area contributed by atoms with E-state index in [1.807, 2.05) is 36.4 Å². The number of pyridine rings is 1. The Kier molecular flexibility index (Phi) is 7.64. The van der Waals surface area contributed by atoms with E-state index >= 15 is 4.39 Å². The number of likely N-dealkylation sites (tertiary alicyclic amines) is 1. The Morgan fingerprint density at radius 3 is 2.80 bits per heavy atom. The minimum Gasteiger partial charge on any atom is -0.455 e. The minimum absolute atomic E-state index is 0.187. The van der Waals surface area contributed by atoms with Crippen LogP contribution in [-0.4, -0.2) is 72.4 Å². The van der Waals surface area contributed by atoms with Crippen LogP contribution in [0.2, 0.25) is 0 Å². The molecule has 3 amide bonds. The molecule has 0 radical (unpaired) electrons. The minimum atomic E-state index is -1.95. The lowest BCUT2D eigenvalue weighted by Crippen LogP contribution is -2.49. The molecular weight excluding hydrogens is 611 g/mol. The molecule has 234 valence electrons. The van der Waals surface area contributed by atoms with Crippen LogP contribution in [0.4, 0.5) is 4.39 Å². The maximum atomic E-state index is 16.2. The SMILES string of the molecule is CC(NC(=O)[C@@H]1C[C@](F)(Cn2ccnn2)CN1C(=O)CNC(=O)c1ccc2c(c1)Oc1ccccc1S2)c1cc2cnccc2[nH]1. The van der Waals surface area contributed by atoms with Gasteiger partial charge in [-0.3, -0.25) is 19.4 Å². The molecule has 0 aliphatic carbocycles. The molecule has 2 aliphatic rings. The molecule has 1 unspecified atom stereocenters. The van der Waals surface area contributed by atoms with Gasteiger partial charge in [-0.2, -0.15) is 0 Å². The van der Waals surface area contributed by atoms with Crippen molar-refractivity contribution in [3.05, 3.63) is 90.6 Å². The van der Waals surface area contributed by atoms with Crippen LogP contribution in [-0.2, 0) is 16.1 Å². The zero-order valence-corrected chi connectivity index (χ0v) is 25.5. The van der Waals surface area contributed by atoms with Crippen molar-refractivity contribution >= 4 is 40.4 Å². The third-order valence-corrected chi connectivity index (χ3v) is 9.21. The van der Waals surface area contributed by atoms with Crippen molar-refractivity contribution in [3.63, 3.8) is 0 Å². The molecule has 3 N–H and O–H groups in total. The van der Waals surface area contributed by atoms with Crippen molar-refractivity contribution in [1.82, 2.24) is 40.5 Å². The average molecular weight is 641 g/mol. The highest BCUT2D eigenvalue weighted by molar-refractivity contribution is 7.99. The first kappa shape index (κ1) is 29.5. The van der Waals surface area contributed by atoms with E-state index in [2.05, 4.69) is 30.9 Å². The van der Waals surface area contributed by atoms with Crippen LogP contribution < -0.4 is 15.4 Å². The molecule has 2 aliphatic heterocycles. The van der Waals surface area contributed by atoms with E-state index < -0.39 is 42.0 Å². The molecule has 1 saturated heterocycles. The zero-order chi connectivity index (χ0) is 31.8. The van der Waals surface area contributed by atoms with Crippen molar-refractivity contribution in [3.8, 4) is 11.5 Å². The molecular formula is C32H29FN8O4S. The molecule has 5 aromatic rings. The van der Waals surface area contributed by atoms with Crippen molar-refractivity contribution in [2.24, 2.45) is 0 Å². The van der Waals surface area contributed by atoms with E-state index in [1.165, 1.54) is 33.7 Å². The second-order valence-electron chi connectivity index (χ2n) is 11.4. The third-order valence-electron chi connectivity index (χ3n) is 8.09. The highest BCUT2D eigenvalue weighted by atomic mass is 32.2. The number of hydrogen-bond acceptors (Lipinski definition) is 8. The Bertz CT molecular complexity index is 1920. The summed E-state index contributed by atoms with van der Waals surface area (Å²) in [5.74, 6) is -0.363. The van der Waals surface area contributed by atoms with Crippen LogP contribution in [0.25, 0.3) is 10.9 Å². The quantitative estimate of drug-likeness (QED) is 0.226. The predicted octanol–water partition coefficient (Wildman–Crippen LogP) is 4.03.